The molecule has 0 rings (SSSR count). The highest BCUT2D eigenvalue weighted by Gasteiger charge is 1.63. The van der Waals surface area contributed by atoms with Crippen LogP contribution in [0.2, 0.25) is 0 Å². The average molecular weight is 714 g/mol. The lowest BCUT2D eigenvalue weighted by Crippen LogP contribution is -1.57. The molecule has 0 aromatic heterocycles. The standard InChI is InChI=1S/C58H3N/c1-2-3-4-5-6-7-8-9-10-11-12-13-14-15-16-17-18-19-20-21-22-23-24-25-26-27-28-29-30-31-32-33-34-35-36-37-38-39-40-41-42-43-44-45-46-47-48-49-50-51-52-53-54-55-56-57-58-59/h1H3. The van der Waals surface area contributed by atoms with Crippen LogP contribution in [0, 0.1) is 343 Å². The van der Waals surface area contributed by atoms with Crippen LogP contribution in [-0.4, -0.2) is 0 Å². The normalized spacial score (nSPS) is 3.93. The van der Waals surface area contributed by atoms with Crippen molar-refractivity contribution in [3.63, 3.8) is 0 Å². The topological polar surface area (TPSA) is 23.8 Å². The summed E-state index contributed by atoms with van der Waals surface area (Å²) in [5.74, 6) is 139. The van der Waals surface area contributed by atoms with E-state index in [0.717, 1.165) is 0 Å². The summed E-state index contributed by atoms with van der Waals surface area (Å²) in [6, 6.07) is 1.63. The fraction of sp³-hybridized carbons (Fsp3) is 0.0172. The molecule has 240 valence electrons. The molecule has 0 heterocycles. The molecular weight excluding hydrogens is 711 g/mol. The molecule has 1 nitrogen and oxygen atoms in total. The lowest BCUT2D eigenvalue weighted by atomic mass is 10.4. The molecule has 0 radical (unpaired) electrons. The van der Waals surface area contributed by atoms with Gasteiger partial charge in [0.25, 0.3) is 0 Å². The number of nitrogens with zero attached hydrogens (tertiary/aromatic N) is 1. The van der Waals surface area contributed by atoms with Crippen molar-refractivity contribution in [3.05, 3.63) is 0 Å². The third-order valence-electron chi connectivity index (χ3n) is 3.56. The molecular formula is C58H3N. The molecule has 0 aliphatic carbocycles. The van der Waals surface area contributed by atoms with Crippen LogP contribution in [0.15, 0.2) is 0 Å². The summed E-state index contributed by atoms with van der Waals surface area (Å²) in [6.45, 7) is 1.68. The Balaban J connectivity index is 4.58. The van der Waals surface area contributed by atoms with Gasteiger partial charge in [-0.3, -0.25) is 0 Å². The van der Waals surface area contributed by atoms with Gasteiger partial charge in [0.2, 0.25) is 0 Å². The Morgan fingerprint density at radius 1 is 0.136 bits per heavy atom. The van der Waals surface area contributed by atoms with Crippen LogP contribution in [0.1, 0.15) is 6.92 Å². The summed E-state index contributed by atoms with van der Waals surface area (Å²) < 4.78 is 0. The van der Waals surface area contributed by atoms with Gasteiger partial charge in [-0.25, -0.2) is 0 Å². The molecule has 0 N–H and O–H groups in total. The molecule has 0 unspecified atom stereocenters. The molecule has 0 saturated heterocycles. The van der Waals surface area contributed by atoms with Crippen LogP contribution in [0.5, 0.6) is 0 Å². The second-order valence-corrected chi connectivity index (χ2v) is 7.24. The van der Waals surface area contributed by atoms with E-state index in [0.29, 0.717) is 0 Å². The van der Waals surface area contributed by atoms with Gasteiger partial charge in [-0.1, -0.05) is 5.92 Å². The fourth-order valence-corrected chi connectivity index (χ4v) is 1.75. The molecule has 0 aliphatic rings. The van der Waals surface area contributed by atoms with Crippen LogP contribution in [0.25, 0.3) is 0 Å². The first-order chi connectivity index (χ1) is 29.4. The molecule has 1 heteroatoms. The van der Waals surface area contributed by atoms with E-state index in [-0.39, 0.29) is 0 Å². The zero-order chi connectivity index (χ0) is 42.3. The van der Waals surface area contributed by atoms with E-state index in [4.69, 9.17) is 5.26 Å². The predicted octanol–water partition coefficient (Wildman–Crippen LogP) is 0.625. The Kier molecular flexibility index (Phi) is 35.3. The summed E-state index contributed by atoms with van der Waals surface area (Å²) in [5.41, 5.74) is 0. The van der Waals surface area contributed by atoms with Gasteiger partial charge in [0.05, 0.1) is 0 Å². The fourth-order valence-electron chi connectivity index (χ4n) is 1.75. The Hall–Kier alpha value is -12.8. The molecule has 59 heavy (non-hydrogen) atoms. The third-order valence-corrected chi connectivity index (χ3v) is 3.56. The highest BCUT2D eigenvalue weighted by Crippen LogP contribution is 1.63. The maximum Gasteiger partial charge on any atom is 0.153 e. The monoisotopic (exact) mass is 713 g/mol. The van der Waals surface area contributed by atoms with Gasteiger partial charge in [-0.2, -0.15) is 5.26 Å². The van der Waals surface area contributed by atoms with Gasteiger partial charge in [-0.05, 0) is 54.3 Å². The molecule has 0 spiro atoms. The molecule has 0 aliphatic heterocycles. The average Bonchev–Trinajstić information content (AvgIpc) is 3.25. The van der Waals surface area contributed by atoms with Crippen molar-refractivity contribution >= 4 is 0 Å². The first-order valence-corrected chi connectivity index (χ1v) is 14.7. The van der Waals surface area contributed by atoms with Gasteiger partial charge in [-0.15, -0.1) is 0 Å². The van der Waals surface area contributed by atoms with Crippen molar-refractivity contribution in [2.75, 3.05) is 0 Å². The number of nitriles is 1. The summed E-state index contributed by atoms with van der Waals surface area (Å²) in [5, 5.41) is 8.20. The van der Waals surface area contributed by atoms with Crippen molar-refractivity contribution in [3.8, 4) is 338 Å². The van der Waals surface area contributed by atoms with E-state index >= 15 is 0 Å². The molecule has 0 fully saturated rings. The van der Waals surface area contributed by atoms with Crippen molar-refractivity contribution in [1.29, 1.82) is 5.26 Å². The SMILES string of the molecule is CC#CC#CC#CC#CC#CC#CC#CC#CC#CC#CC#CC#CC#CC#CC#CC#CC#CC#CC#CC#CC#CC#CC#CC#CC#CC#CC#CC#CC#N. The summed E-state index contributed by atoms with van der Waals surface area (Å²) in [7, 11) is 0. The highest BCUT2D eigenvalue weighted by molar-refractivity contribution is 5.51. The second kappa shape index (κ2) is 45.2. The zero-order valence-electron chi connectivity index (χ0n) is 29.9. The van der Waals surface area contributed by atoms with Gasteiger partial charge in [0.1, 0.15) is 0 Å². The van der Waals surface area contributed by atoms with E-state index in [1.807, 2.05) is 0 Å². The van der Waals surface area contributed by atoms with E-state index in [1.54, 1.807) is 13.0 Å². The number of hydrogen-bond donors (Lipinski definition) is 0. The largest absolute Gasteiger partial charge is 0.183 e. The van der Waals surface area contributed by atoms with Gasteiger partial charge in [0, 0.05) is 278 Å². The quantitative estimate of drug-likeness (QED) is 0.339. The number of hydrogen-bond acceptors (Lipinski definition) is 1. The minimum atomic E-state index is 1.63. The van der Waals surface area contributed by atoms with E-state index in [9.17, 15) is 0 Å². The summed E-state index contributed by atoms with van der Waals surface area (Å²) in [4.78, 5) is 0. The maximum absolute atomic E-state index is 8.20. The van der Waals surface area contributed by atoms with Crippen molar-refractivity contribution in [2.45, 2.75) is 6.92 Å². The first kappa shape index (κ1) is 46.2. The third kappa shape index (κ3) is 45.2. The second-order valence-electron chi connectivity index (χ2n) is 7.24. The Morgan fingerprint density at radius 2 is 0.220 bits per heavy atom. The minimum absolute atomic E-state index is 1.63. The predicted molar refractivity (Wildman–Crippen MR) is 229 cm³/mol. The van der Waals surface area contributed by atoms with Crippen molar-refractivity contribution < 1.29 is 0 Å². The molecule has 0 saturated carbocycles. The van der Waals surface area contributed by atoms with E-state index in [1.165, 1.54) is 0 Å². The molecule has 0 aromatic rings. The van der Waals surface area contributed by atoms with E-state index < -0.39 is 0 Å². The first-order valence-electron chi connectivity index (χ1n) is 14.7. The highest BCUT2D eigenvalue weighted by atomic mass is 14.2. The Morgan fingerprint density at radius 3 is 0.305 bits per heavy atom. The van der Waals surface area contributed by atoms with Crippen LogP contribution in [0.4, 0.5) is 0 Å². The van der Waals surface area contributed by atoms with Crippen LogP contribution >= 0.6 is 0 Å². The summed E-state index contributed by atoms with van der Waals surface area (Å²) in [6.07, 6.45) is 0. The molecule has 0 amide bonds. The Labute approximate surface area is 348 Å². The van der Waals surface area contributed by atoms with Crippen LogP contribution < -0.4 is 0 Å². The van der Waals surface area contributed by atoms with Crippen molar-refractivity contribution in [2.24, 2.45) is 0 Å². The van der Waals surface area contributed by atoms with Crippen LogP contribution in [-0.2, 0) is 0 Å². The van der Waals surface area contributed by atoms with Gasteiger partial charge >= 0.3 is 0 Å². The molecule has 0 atom stereocenters. The Bertz CT molecular complexity index is 3730. The number of rotatable bonds is 0. The zero-order valence-corrected chi connectivity index (χ0v) is 29.9. The minimum Gasteiger partial charge on any atom is -0.183 e. The lowest BCUT2D eigenvalue weighted by molar-refractivity contribution is 1.55. The van der Waals surface area contributed by atoms with Crippen molar-refractivity contribution in [1.82, 2.24) is 0 Å². The van der Waals surface area contributed by atoms with Gasteiger partial charge in [0.15, 0.2) is 6.07 Å². The summed E-state index contributed by atoms with van der Waals surface area (Å²) >= 11 is 0. The van der Waals surface area contributed by atoms with E-state index in [2.05, 4.69) is 332 Å². The maximum atomic E-state index is 8.20. The van der Waals surface area contributed by atoms with Gasteiger partial charge < -0.3 is 0 Å². The van der Waals surface area contributed by atoms with Crippen LogP contribution in [0.3, 0.4) is 0 Å². The smallest absolute Gasteiger partial charge is 0.153 e. The molecule has 0 bridgehead atoms. The molecule has 0 aromatic carbocycles. The lowest BCUT2D eigenvalue weighted by Gasteiger charge is -1.57.